The highest BCUT2D eigenvalue weighted by molar-refractivity contribution is 6.31. The van der Waals surface area contributed by atoms with Crippen LogP contribution in [0.2, 0.25) is 5.02 Å². The molecular formula is C18H23ClN4O2. The Kier molecular flexibility index (Phi) is 5.27. The van der Waals surface area contributed by atoms with Gasteiger partial charge in [-0.1, -0.05) is 24.9 Å². The normalized spacial score (nSPS) is 16.8. The number of amides is 1. The molecule has 1 aliphatic rings. The van der Waals surface area contributed by atoms with Crippen LogP contribution in [0.25, 0.3) is 11.0 Å². The fourth-order valence-corrected chi connectivity index (χ4v) is 3.72. The summed E-state index contributed by atoms with van der Waals surface area (Å²) in [4.78, 5) is 22.1. The van der Waals surface area contributed by atoms with Gasteiger partial charge in [-0.3, -0.25) is 4.98 Å². The first-order valence-corrected chi connectivity index (χ1v) is 9.03. The van der Waals surface area contributed by atoms with Gasteiger partial charge >= 0.3 is 6.09 Å². The second-order valence-electron chi connectivity index (χ2n) is 6.68. The number of aromatic nitrogens is 2. The fraction of sp³-hybridized carbons (Fsp3) is 0.500. The van der Waals surface area contributed by atoms with Crippen LogP contribution in [0.1, 0.15) is 32.6 Å². The van der Waals surface area contributed by atoms with E-state index < -0.39 is 6.09 Å². The Hall–Kier alpha value is -2.08. The highest BCUT2D eigenvalue weighted by Crippen LogP contribution is 2.39. The first-order chi connectivity index (χ1) is 12.0. The van der Waals surface area contributed by atoms with Crippen molar-refractivity contribution < 1.29 is 9.90 Å². The molecule has 0 atom stereocenters. The molecule has 1 aromatic heterocycles. The molecule has 0 unspecified atom stereocenters. The van der Waals surface area contributed by atoms with Gasteiger partial charge in [-0.2, -0.15) is 0 Å². The minimum Gasteiger partial charge on any atom is -0.465 e. The van der Waals surface area contributed by atoms with Crippen LogP contribution in [0.4, 0.5) is 10.6 Å². The summed E-state index contributed by atoms with van der Waals surface area (Å²) in [6, 6.07) is 5.55. The third kappa shape index (κ3) is 4.12. The first-order valence-electron chi connectivity index (χ1n) is 8.65. The number of nitrogens with one attached hydrogen (secondary N) is 1. The van der Waals surface area contributed by atoms with E-state index in [4.69, 9.17) is 21.7 Å². The Labute approximate surface area is 152 Å². The molecule has 1 aromatic carbocycles. The molecule has 0 radical (unpaired) electrons. The molecule has 0 bridgehead atoms. The maximum absolute atomic E-state index is 10.7. The Morgan fingerprint density at radius 1 is 1.36 bits per heavy atom. The zero-order chi connectivity index (χ0) is 17.9. The van der Waals surface area contributed by atoms with Crippen LogP contribution in [-0.4, -0.2) is 40.8 Å². The third-order valence-electron chi connectivity index (χ3n) is 5.32. The van der Waals surface area contributed by atoms with Crippen LogP contribution in [0, 0.1) is 5.41 Å². The van der Waals surface area contributed by atoms with E-state index in [0.717, 1.165) is 55.6 Å². The van der Waals surface area contributed by atoms with E-state index in [1.807, 2.05) is 24.4 Å². The van der Waals surface area contributed by atoms with Gasteiger partial charge in [0.2, 0.25) is 0 Å². The lowest BCUT2D eigenvalue weighted by atomic mass is 9.73. The van der Waals surface area contributed by atoms with Gasteiger partial charge in [0.1, 0.15) is 5.82 Å². The van der Waals surface area contributed by atoms with Gasteiger partial charge < -0.3 is 15.3 Å². The van der Waals surface area contributed by atoms with Crippen LogP contribution >= 0.6 is 11.6 Å². The van der Waals surface area contributed by atoms with Crippen molar-refractivity contribution in [1.29, 1.82) is 0 Å². The molecule has 2 N–H and O–H groups in total. The topological polar surface area (TPSA) is 78.4 Å². The van der Waals surface area contributed by atoms with Gasteiger partial charge in [0, 0.05) is 24.7 Å². The first kappa shape index (κ1) is 17.7. The van der Waals surface area contributed by atoms with Crippen molar-refractivity contribution in [2.45, 2.75) is 32.6 Å². The lowest BCUT2D eigenvalue weighted by Crippen LogP contribution is -2.42. The molecule has 1 saturated heterocycles. The predicted octanol–water partition coefficient (Wildman–Crippen LogP) is 3.94. The molecule has 0 spiro atoms. The predicted molar refractivity (Wildman–Crippen MR) is 99.4 cm³/mol. The van der Waals surface area contributed by atoms with Crippen LogP contribution in [0.3, 0.4) is 0 Å². The van der Waals surface area contributed by atoms with E-state index in [0.29, 0.717) is 11.6 Å². The van der Waals surface area contributed by atoms with Gasteiger partial charge in [0.25, 0.3) is 0 Å². The molecule has 7 heteroatoms. The van der Waals surface area contributed by atoms with Crippen molar-refractivity contribution in [2.75, 3.05) is 24.5 Å². The summed E-state index contributed by atoms with van der Waals surface area (Å²) in [6.07, 6.45) is 4.87. The minimum atomic E-state index is -0.949. The van der Waals surface area contributed by atoms with Crippen molar-refractivity contribution in [3.8, 4) is 0 Å². The monoisotopic (exact) mass is 362 g/mol. The molecule has 25 heavy (non-hydrogen) atoms. The Bertz CT molecular complexity index is 760. The average molecular weight is 363 g/mol. The van der Waals surface area contributed by atoms with Gasteiger partial charge in [-0.15, -0.1) is 0 Å². The van der Waals surface area contributed by atoms with Gasteiger partial charge in [-0.25, -0.2) is 9.78 Å². The van der Waals surface area contributed by atoms with Gasteiger partial charge in [0.15, 0.2) is 0 Å². The number of piperidine rings is 1. The maximum atomic E-state index is 10.7. The summed E-state index contributed by atoms with van der Waals surface area (Å²) >= 11 is 6.00. The number of halogens is 1. The van der Waals surface area contributed by atoms with Crippen molar-refractivity contribution in [3.05, 3.63) is 29.4 Å². The molecule has 134 valence electrons. The molecule has 2 heterocycles. The van der Waals surface area contributed by atoms with Gasteiger partial charge in [0.05, 0.1) is 17.2 Å². The SMILES string of the molecule is CCC1(CCNC(=O)O)CCN(c2cnc3cc(Cl)ccc3n2)CC1. The lowest BCUT2D eigenvalue weighted by Gasteiger charge is -2.42. The zero-order valence-corrected chi connectivity index (χ0v) is 15.1. The van der Waals surface area contributed by atoms with Crippen LogP contribution in [0.15, 0.2) is 24.4 Å². The summed E-state index contributed by atoms with van der Waals surface area (Å²) in [6.45, 7) is 4.53. The smallest absolute Gasteiger partial charge is 0.404 e. The lowest BCUT2D eigenvalue weighted by molar-refractivity contribution is 0.174. The third-order valence-corrected chi connectivity index (χ3v) is 5.56. The van der Waals surface area contributed by atoms with E-state index in [1.54, 1.807) is 0 Å². The number of hydrogen-bond donors (Lipinski definition) is 2. The van der Waals surface area contributed by atoms with E-state index in [1.165, 1.54) is 0 Å². The molecule has 1 aliphatic heterocycles. The average Bonchev–Trinajstić information content (AvgIpc) is 2.61. The van der Waals surface area contributed by atoms with E-state index >= 15 is 0 Å². The Balaban J connectivity index is 1.66. The van der Waals surface area contributed by atoms with E-state index in [-0.39, 0.29) is 5.41 Å². The number of nitrogens with zero attached hydrogens (tertiary/aromatic N) is 3. The number of carboxylic acid groups (broad SMARTS) is 1. The molecule has 0 saturated carbocycles. The Morgan fingerprint density at radius 3 is 2.80 bits per heavy atom. The minimum absolute atomic E-state index is 0.205. The largest absolute Gasteiger partial charge is 0.465 e. The molecular weight excluding hydrogens is 340 g/mol. The quantitative estimate of drug-likeness (QED) is 0.842. The Morgan fingerprint density at radius 2 is 2.12 bits per heavy atom. The zero-order valence-electron chi connectivity index (χ0n) is 14.3. The molecule has 2 aromatic rings. The number of anilines is 1. The van der Waals surface area contributed by atoms with Crippen LogP contribution in [-0.2, 0) is 0 Å². The number of fused-ring (bicyclic) bond motifs is 1. The summed E-state index contributed by atoms with van der Waals surface area (Å²) in [5, 5.41) is 11.9. The standard InChI is InChI=1S/C18H23ClN4O2/c1-2-18(5-8-20-17(24)25)6-9-23(10-7-18)16-12-21-15-11-13(19)3-4-14(15)22-16/h3-4,11-12,20H,2,5-10H2,1H3,(H,24,25). The highest BCUT2D eigenvalue weighted by atomic mass is 35.5. The summed E-state index contributed by atoms with van der Waals surface area (Å²) < 4.78 is 0. The van der Waals surface area contributed by atoms with Crippen molar-refractivity contribution in [2.24, 2.45) is 5.41 Å². The molecule has 0 aliphatic carbocycles. The number of benzene rings is 1. The maximum Gasteiger partial charge on any atom is 0.404 e. The molecule has 6 nitrogen and oxygen atoms in total. The second-order valence-corrected chi connectivity index (χ2v) is 7.12. The van der Waals surface area contributed by atoms with Crippen molar-refractivity contribution in [1.82, 2.24) is 15.3 Å². The van der Waals surface area contributed by atoms with Crippen LogP contribution < -0.4 is 10.2 Å². The van der Waals surface area contributed by atoms with E-state index in [9.17, 15) is 4.79 Å². The second kappa shape index (κ2) is 7.44. The summed E-state index contributed by atoms with van der Waals surface area (Å²) in [5.74, 6) is 0.892. The van der Waals surface area contributed by atoms with E-state index in [2.05, 4.69) is 22.1 Å². The molecule has 1 amide bonds. The van der Waals surface area contributed by atoms with Gasteiger partial charge in [-0.05, 0) is 42.9 Å². The van der Waals surface area contributed by atoms with Crippen LogP contribution in [0.5, 0.6) is 0 Å². The molecule has 3 rings (SSSR count). The summed E-state index contributed by atoms with van der Waals surface area (Å²) in [7, 11) is 0. The van der Waals surface area contributed by atoms with Crippen molar-refractivity contribution >= 4 is 34.5 Å². The fourth-order valence-electron chi connectivity index (χ4n) is 3.55. The van der Waals surface area contributed by atoms with Crippen molar-refractivity contribution in [3.63, 3.8) is 0 Å². The highest BCUT2D eigenvalue weighted by Gasteiger charge is 2.33. The summed E-state index contributed by atoms with van der Waals surface area (Å²) in [5.41, 5.74) is 1.85. The number of hydrogen-bond acceptors (Lipinski definition) is 4. The number of rotatable bonds is 5. The molecule has 1 fully saturated rings. The number of carbonyl (C=O) groups is 1.